The van der Waals surface area contributed by atoms with Gasteiger partial charge in [-0.2, -0.15) is 0 Å². The highest BCUT2D eigenvalue weighted by Gasteiger charge is 2.14. The first-order chi connectivity index (χ1) is 9.54. The van der Waals surface area contributed by atoms with Crippen molar-refractivity contribution in [3.05, 3.63) is 40.8 Å². The van der Waals surface area contributed by atoms with Crippen LogP contribution in [0.4, 0.5) is 10.2 Å². The largest absolute Gasteiger partial charge is 0.368 e. The summed E-state index contributed by atoms with van der Waals surface area (Å²) in [4.78, 5) is 8.67. The van der Waals surface area contributed by atoms with Gasteiger partial charge in [0.1, 0.15) is 0 Å². The minimum Gasteiger partial charge on any atom is -0.368 e. The Kier molecular flexibility index (Phi) is 4.32. The lowest BCUT2D eigenvalue weighted by atomic mass is 10.0. The molecule has 0 aliphatic rings. The van der Waals surface area contributed by atoms with Crippen molar-refractivity contribution < 1.29 is 4.39 Å². The molecule has 0 atom stereocenters. The van der Waals surface area contributed by atoms with Gasteiger partial charge in [0.2, 0.25) is 0 Å². The third-order valence-electron chi connectivity index (χ3n) is 3.26. The smallest absolute Gasteiger partial charge is 0.186 e. The standard InChI is InChI=1S/C16H20FN3/c1-5-9-18-16-14(17)12(4)19-15(20-16)13-10(2)7-6-8-11(13)3/h6-8H,5,9H2,1-4H3,(H,18,19,20). The van der Waals surface area contributed by atoms with Gasteiger partial charge >= 0.3 is 0 Å². The summed E-state index contributed by atoms with van der Waals surface area (Å²) in [5, 5.41) is 3.03. The van der Waals surface area contributed by atoms with Crippen molar-refractivity contribution in [2.24, 2.45) is 0 Å². The first-order valence-electron chi connectivity index (χ1n) is 6.89. The van der Waals surface area contributed by atoms with Crippen molar-refractivity contribution in [1.82, 2.24) is 9.97 Å². The summed E-state index contributed by atoms with van der Waals surface area (Å²) >= 11 is 0. The Morgan fingerprint density at radius 3 is 2.35 bits per heavy atom. The number of halogens is 1. The van der Waals surface area contributed by atoms with Crippen LogP contribution in [-0.2, 0) is 0 Å². The van der Waals surface area contributed by atoms with Crippen LogP contribution in [0.25, 0.3) is 11.4 Å². The van der Waals surface area contributed by atoms with E-state index in [9.17, 15) is 4.39 Å². The van der Waals surface area contributed by atoms with E-state index < -0.39 is 0 Å². The summed E-state index contributed by atoms with van der Waals surface area (Å²) in [5.41, 5.74) is 3.54. The van der Waals surface area contributed by atoms with Crippen LogP contribution in [0, 0.1) is 26.6 Å². The van der Waals surface area contributed by atoms with Gasteiger partial charge in [0.25, 0.3) is 0 Å². The molecule has 20 heavy (non-hydrogen) atoms. The van der Waals surface area contributed by atoms with Crippen molar-refractivity contribution >= 4 is 5.82 Å². The predicted molar refractivity (Wildman–Crippen MR) is 80.4 cm³/mol. The minimum absolute atomic E-state index is 0.289. The molecule has 0 bridgehead atoms. The summed E-state index contributed by atoms with van der Waals surface area (Å²) in [7, 11) is 0. The van der Waals surface area contributed by atoms with Gasteiger partial charge in [-0.15, -0.1) is 0 Å². The number of benzene rings is 1. The molecule has 1 aromatic heterocycles. The normalized spacial score (nSPS) is 10.7. The fourth-order valence-corrected chi connectivity index (χ4v) is 2.20. The molecule has 0 spiro atoms. The van der Waals surface area contributed by atoms with Crippen LogP contribution in [0.3, 0.4) is 0 Å². The van der Waals surface area contributed by atoms with Crippen LogP contribution in [-0.4, -0.2) is 16.5 Å². The van der Waals surface area contributed by atoms with E-state index in [1.165, 1.54) is 0 Å². The first-order valence-corrected chi connectivity index (χ1v) is 6.89. The van der Waals surface area contributed by atoms with E-state index >= 15 is 0 Å². The molecule has 106 valence electrons. The molecule has 2 rings (SSSR count). The molecule has 1 aromatic carbocycles. The van der Waals surface area contributed by atoms with E-state index in [0.29, 0.717) is 18.1 Å². The van der Waals surface area contributed by atoms with Gasteiger partial charge < -0.3 is 5.32 Å². The molecule has 0 unspecified atom stereocenters. The lowest BCUT2D eigenvalue weighted by Gasteiger charge is -2.12. The monoisotopic (exact) mass is 273 g/mol. The van der Waals surface area contributed by atoms with Gasteiger partial charge in [0.05, 0.1) is 5.69 Å². The Bertz CT molecular complexity index is 603. The van der Waals surface area contributed by atoms with E-state index in [1.807, 2.05) is 39.0 Å². The van der Waals surface area contributed by atoms with Gasteiger partial charge in [0, 0.05) is 12.1 Å². The van der Waals surface area contributed by atoms with E-state index in [1.54, 1.807) is 6.92 Å². The summed E-state index contributed by atoms with van der Waals surface area (Å²) in [5.74, 6) is 0.503. The van der Waals surface area contributed by atoms with Crippen LogP contribution in [0.1, 0.15) is 30.2 Å². The SMILES string of the molecule is CCCNc1nc(-c2c(C)cccc2C)nc(C)c1F. The average molecular weight is 273 g/mol. The molecule has 3 nitrogen and oxygen atoms in total. The van der Waals surface area contributed by atoms with Crippen molar-refractivity contribution in [2.45, 2.75) is 34.1 Å². The Labute approximate surface area is 119 Å². The third kappa shape index (κ3) is 2.79. The highest BCUT2D eigenvalue weighted by molar-refractivity contribution is 5.66. The third-order valence-corrected chi connectivity index (χ3v) is 3.26. The number of rotatable bonds is 4. The summed E-state index contributed by atoms with van der Waals surface area (Å²) in [6.07, 6.45) is 0.918. The quantitative estimate of drug-likeness (QED) is 0.914. The molecular formula is C16H20FN3. The predicted octanol–water partition coefficient (Wildman–Crippen LogP) is 4.03. The molecule has 2 aromatic rings. The van der Waals surface area contributed by atoms with Crippen molar-refractivity contribution in [1.29, 1.82) is 0 Å². The maximum atomic E-state index is 14.0. The van der Waals surface area contributed by atoms with Crippen LogP contribution < -0.4 is 5.32 Å². The van der Waals surface area contributed by atoms with Gasteiger partial charge in [-0.05, 0) is 38.3 Å². The number of hydrogen-bond donors (Lipinski definition) is 1. The second-order valence-electron chi connectivity index (χ2n) is 4.99. The minimum atomic E-state index is -0.367. The molecule has 0 saturated carbocycles. The Balaban J connectivity index is 2.55. The summed E-state index contributed by atoms with van der Waals surface area (Å²) in [6, 6.07) is 6.04. The molecular weight excluding hydrogens is 253 g/mol. The summed E-state index contributed by atoms with van der Waals surface area (Å²) in [6.45, 7) is 8.43. The maximum absolute atomic E-state index is 14.0. The molecule has 4 heteroatoms. The number of aryl methyl sites for hydroxylation is 3. The molecule has 0 saturated heterocycles. The molecule has 1 N–H and O–H groups in total. The van der Waals surface area contributed by atoms with E-state index in [4.69, 9.17) is 0 Å². The molecule has 0 amide bonds. The fraction of sp³-hybridized carbons (Fsp3) is 0.375. The number of nitrogens with one attached hydrogen (secondary N) is 1. The van der Waals surface area contributed by atoms with Gasteiger partial charge in [-0.3, -0.25) is 0 Å². The molecule has 0 aliphatic heterocycles. The second kappa shape index (κ2) is 5.99. The zero-order valence-corrected chi connectivity index (χ0v) is 12.4. The van der Waals surface area contributed by atoms with Crippen molar-refractivity contribution in [3.63, 3.8) is 0 Å². The van der Waals surface area contributed by atoms with Crippen molar-refractivity contribution in [3.8, 4) is 11.4 Å². The zero-order chi connectivity index (χ0) is 14.7. The first kappa shape index (κ1) is 14.4. The van der Waals surface area contributed by atoms with Gasteiger partial charge in [0.15, 0.2) is 17.5 Å². The zero-order valence-electron chi connectivity index (χ0n) is 12.4. The molecule has 0 fully saturated rings. The second-order valence-corrected chi connectivity index (χ2v) is 4.99. The Morgan fingerprint density at radius 2 is 1.75 bits per heavy atom. The highest BCUT2D eigenvalue weighted by atomic mass is 19.1. The number of nitrogens with zero attached hydrogens (tertiary/aromatic N) is 2. The maximum Gasteiger partial charge on any atom is 0.186 e. The molecule has 0 radical (unpaired) electrons. The lowest BCUT2D eigenvalue weighted by molar-refractivity contribution is 0.605. The van der Waals surface area contributed by atoms with E-state index in [0.717, 1.165) is 23.1 Å². The van der Waals surface area contributed by atoms with Crippen molar-refractivity contribution in [2.75, 3.05) is 11.9 Å². The lowest BCUT2D eigenvalue weighted by Crippen LogP contribution is -2.09. The van der Waals surface area contributed by atoms with Gasteiger partial charge in [-0.1, -0.05) is 25.1 Å². The Hall–Kier alpha value is -1.97. The average Bonchev–Trinajstić information content (AvgIpc) is 2.40. The molecule has 1 heterocycles. The van der Waals surface area contributed by atoms with Crippen LogP contribution in [0.5, 0.6) is 0 Å². The van der Waals surface area contributed by atoms with Crippen LogP contribution in [0.2, 0.25) is 0 Å². The van der Waals surface area contributed by atoms with Crippen LogP contribution >= 0.6 is 0 Å². The number of hydrogen-bond acceptors (Lipinski definition) is 3. The van der Waals surface area contributed by atoms with Gasteiger partial charge in [-0.25, -0.2) is 14.4 Å². The van der Waals surface area contributed by atoms with Crippen LogP contribution in [0.15, 0.2) is 18.2 Å². The highest BCUT2D eigenvalue weighted by Crippen LogP contribution is 2.26. The number of anilines is 1. The Morgan fingerprint density at radius 1 is 1.10 bits per heavy atom. The van der Waals surface area contributed by atoms with E-state index in [2.05, 4.69) is 15.3 Å². The fourth-order valence-electron chi connectivity index (χ4n) is 2.20. The number of aromatic nitrogens is 2. The topological polar surface area (TPSA) is 37.8 Å². The van der Waals surface area contributed by atoms with E-state index in [-0.39, 0.29) is 11.6 Å². The molecule has 0 aliphatic carbocycles. The summed E-state index contributed by atoms with van der Waals surface area (Å²) < 4.78 is 14.0.